The lowest BCUT2D eigenvalue weighted by molar-refractivity contribution is -0.134. The number of aryl methyl sites for hydroxylation is 2. The van der Waals surface area contributed by atoms with Crippen molar-refractivity contribution in [3.8, 4) is 5.82 Å². The molecule has 0 N–H and O–H groups in total. The second kappa shape index (κ2) is 8.61. The number of morpholine rings is 1. The van der Waals surface area contributed by atoms with E-state index in [4.69, 9.17) is 9.26 Å². The Hall–Kier alpha value is -2.65. The van der Waals surface area contributed by atoms with Gasteiger partial charge in [0.15, 0.2) is 5.82 Å². The molecule has 162 valence electrons. The number of hydrogen-bond acceptors (Lipinski definition) is 6. The van der Waals surface area contributed by atoms with Gasteiger partial charge < -0.3 is 19.1 Å². The first-order valence-electron chi connectivity index (χ1n) is 10.4. The molecule has 0 aliphatic carbocycles. The van der Waals surface area contributed by atoms with Crippen molar-refractivity contribution in [2.45, 2.75) is 20.8 Å². The molecule has 0 spiro atoms. The molecule has 2 amide bonds. The third-order valence-electron chi connectivity index (χ3n) is 5.89. The van der Waals surface area contributed by atoms with E-state index in [0.29, 0.717) is 57.3 Å². The van der Waals surface area contributed by atoms with Crippen molar-refractivity contribution in [1.82, 2.24) is 24.4 Å². The lowest BCUT2D eigenvalue weighted by Crippen LogP contribution is -2.53. The fourth-order valence-electron chi connectivity index (χ4n) is 4.17. The van der Waals surface area contributed by atoms with Crippen LogP contribution in [0.1, 0.15) is 27.5 Å². The molecule has 0 bridgehead atoms. The molecule has 2 aliphatic rings. The van der Waals surface area contributed by atoms with Gasteiger partial charge in [0.25, 0.3) is 5.91 Å². The molecule has 9 nitrogen and oxygen atoms in total. The molecule has 2 aliphatic heterocycles. The number of aromatic nitrogens is 2. The Morgan fingerprint density at radius 3 is 2.27 bits per heavy atom. The number of carbonyl (C=O) groups is 2. The van der Waals surface area contributed by atoms with E-state index in [1.165, 1.54) is 0 Å². The van der Waals surface area contributed by atoms with Gasteiger partial charge in [0.1, 0.15) is 5.76 Å². The first kappa shape index (κ1) is 20.6. The van der Waals surface area contributed by atoms with Crippen LogP contribution in [0, 0.1) is 20.8 Å². The van der Waals surface area contributed by atoms with Crippen molar-refractivity contribution in [3.05, 3.63) is 34.8 Å². The smallest absolute Gasteiger partial charge is 0.255 e. The van der Waals surface area contributed by atoms with Crippen LogP contribution in [-0.2, 0) is 9.53 Å². The molecule has 0 saturated carbocycles. The first-order chi connectivity index (χ1) is 14.4. The van der Waals surface area contributed by atoms with Gasteiger partial charge in [-0.1, -0.05) is 5.16 Å². The molecule has 9 heteroatoms. The van der Waals surface area contributed by atoms with Crippen LogP contribution in [0.2, 0.25) is 0 Å². The summed E-state index contributed by atoms with van der Waals surface area (Å²) in [5.74, 6) is 1.53. The summed E-state index contributed by atoms with van der Waals surface area (Å²) < 4.78 is 12.5. The summed E-state index contributed by atoms with van der Waals surface area (Å²) >= 11 is 0. The number of ether oxygens (including phenoxy) is 1. The van der Waals surface area contributed by atoms with E-state index >= 15 is 0 Å². The van der Waals surface area contributed by atoms with Crippen molar-refractivity contribution < 1.29 is 18.8 Å². The number of rotatable bonds is 4. The Kier molecular flexibility index (Phi) is 5.92. The number of amides is 2. The predicted molar refractivity (Wildman–Crippen MR) is 110 cm³/mol. The summed E-state index contributed by atoms with van der Waals surface area (Å²) in [6.07, 6.45) is 0. The fraction of sp³-hybridized carbons (Fsp3) is 0.571. The Balaban J connectivity index is 1.38. The summed E-state index contributed by atoms with van der Waals surface area (Å²) in [6, 6.07) is 3.75. The molecule has 0 unspecified atom stereocenters. The molecular formula is C21H29N5O4. The van der Waals surface area contributed by atoms with Gasteiger partial charge in [-0.05, 0) is 26.8 Å². The Morgan fingerprint density at radius 1 is 0.967 bits per heavy atom. The Morgan fingerprint density at radius 2 is 1.63 bits per heavy atom. The maximum Gasteiger partial charge on any atom is 0.255 e. The topological polar surface area (TPSA) is 84.1 Å². The number of nitrogens with zero attached hydrogens (tertiary/aromatic N) is 5. The van der Waals surface area contributed by atoms with Crippen molar-refractivity contribution in [2.24, 2.45) is 0 Å². The highest BCUT2D eigenvalue weighted by Crippen LogP contribution is 2.22. The normalized spacial score (nSPS) is 18.1. The van der Waals surface area contributed by atoms with Gasteiger partial charge in [0, 0.05) is 56.7 Å². The number of piperazine rings is 1. The van der Waals surface area contributed by atoms with Crippen molar-refractivity contribution in [2.75, 3.05) is 59.0 Å². The van der Waals surface area contributed by atoms with Crippen molar-refractivity contribution >= 4 is 11.8 Å². The average molecular weight is 415 g/mol. The zero-order chi connectivity index (χ0) is 21.3. The highest BCUT2D eigenvalue weighted by atomic mass is 16.5. The third kappa shape index (κ3) is 4.13. The van der Waals surface area contributed by atoms with Crippen LogP contribution < -0.4 is 0 Å². The monoisotopic (exact) mass is 415 g/mol. The van der Waals surface area contributed by atoms with Gasteiger partial charge >= 0.3 is 0 Å². The summed E-state index contributed by atoms with van der Waals surface area (Å²) in [6.45, 7) is 11.3. The lowest BCUT2D eigenvalue weighted by atomic mass is 10.2. The lowest BCUT2D eigenvalue weighted by Gasteiger charge is -2.36. The second-order valence-electron chi connectivity index (χ2n) is 7.98. The van der Waals surface area contributed by atoms with Crippen LogP contribution in [0.25, 0.3) is 5.82 Å². The van der Waals surface area contributed by atoms with Crippen LogP contribution in [0.5, 0.6) is 0 Å². The van der Waals surface area contributed by atoms with Gasteiger partial charge in [-0.25, -0.2) is 0 Å². The van der Waals surface area contributed by atoms with Gasteiger partial charge in [-0.3, -0.25) is 19.1 Å². The summed E-state index contributed by atoms with van der Waals surface area (Å²) in [4.78, 5) is 31.6. The molecule has 2 aromatic heterocycles. The van der Waals surface area contributed by atoms with E-state index in [-0.39, 0.29) is 11.8 Å². The maximum atomic E-state index is 13.2. The van der Waals surface area contributed by atoms with E-state index in [1.807, 2.05) is 47.3 Å². The van der Waals surface area contributed by atoms with Crippen molar-refractivity contribution in [1.29, 1.82) is 0 Å². The molecule has 4 heterocycles. The molecule has 30 heavy (non-hydrogen) atoms. The summed E-state index contributed by atoms with van der Waals surface area (Å²) in [5.41, 5.74) is 2.45. The minimum Gasteiger partial charge on any atom is -0.379 e. The van der Waals surface area contributed by atoms with Crippen LogP contribution in [0.15, 0.2) is 16.7 Å². The molecule has 0 atom stereocenters. The quantitative estimate of drug-likeness (QED) is 0.741. The molecule has 4 rings (SSSR count). The largest absolute Gasteiger partial charge is 0.379 e. The van der Waals surface area contributed by atoms with Crippen LogP contribution in [-0.4, -0.2) is 95.3 Å². The van der Waals surface area contributed by atoms with Crippen LogP contribution in [0.3, 0.4) is 0 Å². The molecule has 0 aromatic carbocycles. The minimum absolute atomic E-state index is 0.00477. The SMILES string of the molecule is Cc1cc(-n2c(C)cc(C(=O)N3CCN(C(=O)CN4CCOCC4)CC3)c2C)no1. The van der Waals surface area contributed by atoms with E-state index in [0.717, 1.165) is 30.2 Å². The molecule has 2 saturated heterocycles. The highest BCUT2D eigenvalue weighted by molar-refractivity contribution is 5.96. The predicted octanol–water partition coefficient (Wildman–Crippen LogP) is 1.01. The first-order valence-corrected chi connectivity index (χ1v) is 10.4. The second-order valence-corrected chi connectivity index (χ2v) is 7.98. The molecule has 0 radical (unpaired) electrons. The number of hydrogen-bond donors (Lipinski definition) is 0. The van der Waals surface area contributed by atoms with Crippen LogP contribution >= 0.6 is 0 Å². The van der Waals surface area contributed by atoms with E-state index < -0.39 is 0 Å². The number of carbonyl (C=O) groups excluding carboxylic acids is 2. The van der Waals surface area contributed by atoms with Crippen LogP contribution in [0.4, 0.5) is 0 Å². The fourth-order valence-corrected chi connectivity index (χ4v) is 4.17. The summed E-state index contributed by atoms with van der Waals surface area (Å²) in [5, 5.41) is 4.08. The minimum atomic E-state index is -0.00477. The highest BCUT2D eigenvalue weighted by Gasteiger charge is 2.28. The third-order valence-corrected chi connectivity index (χ3v) is 5.89. The van der Waals surface area contributed by atoms with Gasteiger partial charge in [-0.15, -0.1) is 0 Å². The van der Waals surface area contributed by atoms with Crippen molar-refractivity contribution in [3.63, 3.8) is 0 Å². The summed E-state index contributed by atoms with van der Waals surface area (Å²) in [7, 11) is 0. The Labute approximate surface area is 176 Å². The average Bonchev–Trinajstić information content (AvgIpc) is 3.30. The van der Waals surface area contributed by atoms with Gasteiger partial charge in [0.2, 0.25) is 5.91 Å². The zero-order valence-corrected chi connectivity index (χ0v) is 17.9. The standard InChI is InChI=1S/C21H29N5O4/c1-15-12-18(17(3)26(15)19-13-16(2)30-22-19)21(28)25-6-4-24(5-7-25)20(27)14-23-8-10-29-11-9-23/h12-13H,4-11,14H2,1-3H3. The molecular weight excluding hydrogens is 386 g/mol. The maximum absolute atomic E-state index is 13.2. The Bertz CT molecular complexity index is 920. The van der Waals surface area contributed by atoms with E-state index in [1.54, 1.807) is 0 Å². The zero-order valence-electron chi connectivity index (χ0n) is 17.9. The van der Waals surface area contributed by atoms with E-state index in [9.17, 15) is 9.59 Å². The molecule has 2 fully saturated rings. The van der Waals surface area contributed by atoms with E-state index in [2.05, 4.69) is 10.1 Å². The van der Waals surface area contributed by atoms with Gasteiger partial charge in [0.05, 0.1) is 25.3 Å². The van der Waals surface area contributed by atoms with Gasteiger partial charge in [-0.2, -0.15) is 0 Å². The molecule has 2 aromatic rings.